The third-order valence-electron chi connectivity index (χ3n) is 15.1. The lowest BCUT2D eigenvalue weighted by Crippen LogP contribution is -2.41. The van der Waals surface area contributed by atoms with Crippen LogP contribution < -0.4 is 25.4 Å². The quantitative estimate of drug-likeness (QED) is 0.135. The molecule has 70 heavy (non-hydrogen) atoms. The highest BCUT2D eigenvalue weighted by molar-refractivity contribution is 6.88. The van der Waals surface area contributed by atoms with Crippen molar-refractivity contribution in [2.75, 3.05) is 9.80 Å². The van der Waals surface area contributed by atoms with Crippen LogP contribution in [0.5, 0.6) is 0 Å². The molecule has 1 aliphatic heterocycles. The van der Waals surface area contributed by atoms with Crippen LogP contribution in [0.2, 0.25) is 19.6 Å². The highest BCUT2D eigenvalue weighted by Crippen LogP contribution is 2.49. The average Bonchev–Trinajstić information content (AvgIpc) is 3.99. The van der Waals surface area contributed by atoms with E-state index in [1.165, 1.54) is 66.0 Å². The van der Waals surface area contributed by atoms with E-state index in [2.05, 4.69) is 242 Å². The second-order valence-electron chi connectivity index (χ2n) is 20.2. The summed E-state index contributed by atoms with van der Waals surface area (Å²) in [7, 11) is -1.45. The number of nitrogens with zero attached hydrogens (tertiary/aromatic N) is 2. The first-order chi connectivity index (χ1) is 34.4. The Morgan fingerprint density at radius 3 is 2.04 bits per heavy atom. The Balaban J connectivity index is 0.867. The van der Waals surface area contributed by atoms with Gasteiger partial charge in [-0.05, 0) is 117 Å². The van der Waals surface area contributed by atoms with Gasteiger partial charge < -0.3 is 19.0 Å². The van der Waals surface area contributed by atoms with Crippen LogP contribution in [0.4, 0.5) is 22.7 Å². The van der Waals surface area contributed by atoms with Crippen molar-refractivity contribution in [2.24, 2.45) is 5.92 Å². The second-order valence-corrected chi connectivity index (χ2v) is 25.3. The van der Waals surface area contributed by atoms with Gasteiger partial charge in [0.25, 0.3) is 0 Å². The van der Waals surface area contributed by atoms with Crippen LogP contribution in [0.15, 0.2) is 251 Å². The molecular weight excluding hydrogens is 869 g/mol. The van der Waals surface area contributed by atoms with Crippen molar-refractivity contribution in [3.05, 3.63) is 257 Å². The van der Waals surface area contributed by atoms with Crippen molar-refractivity contribution in [3.63, 3.8) is 0 Å². The van der Waals surface area contributed by atoms with Crippen LogP contribution in [0.25, 0.3) is 44.2 Å². The molecule has 3 atom stereocenters. The summed E-state index contributed by atoms with van der Waals surface area (Å²) in [5.41, 5.74) is 17.8. The molecule has 0 spiro atoms. The van der Waals surface area contributed by atoms with E-state index >= 15 is 0 Å². The van der Waals surface area contributed by atoms with E-state index in [0.29, 0.717) is 0 Å². The van der Waals surface area contributed by atoms with E-state index in [1.54, 1.807) is 0 Å². The van der Waals surface area contributed by atoms with Gasteiger partial charge >= 0.3 is 0 Å². The number of benzene rings is 7. The average molecular weight is 923 g/mol. The molecule has 8 aromatic rings. The number of para-hydroxylation sites is 4. The lowest BCUT2D eigenvalue weighted by Gasteiger charge is -2.33. The fourth-order valence-electron chi connectivity index (χ4n) is 11.6. The third kappa shape index (κ3) is 7.23. The summed E-state index contributed by atoms with van der Waals surface area (Å²) in [6.07, 6.45) is 19.2. The minimum Gasteiger partial charge on any atom is -0.454 e. The van der Waals surface area contributed by atoms with Crippen molar-refractivity contribution >= 4 is 69.1 Å². The standard InChI is InChI=1S/C65H54N2O2Si/c1-70(2,3)50-37-34-47(35-38-50)66(46-19-8-5-9-20-46)49-36-40-56-58(42-49)52-22-10-11-24-54(52)63-57-39-31-45(41-62(57)69-65(56)63)43-29-32-48(33-30-43)67(59-26-14-12-21-51(59)44-17-6-4-7-18-44)60-27-16-25-55-53-23-13-15-28-61(53)68-64(55)60/h4-29,31-32,34-40,42,56,62,65H,30,33,41H2,1-3H3. The first-order valence-corrected chi connectivity index (χ1v) is 28.4. The maximum absolute atomic E-state index is 7.30. The molecule has 5 aliphatic rings. The van der Waals surface area contributed by atoms with Crippen molar-refractivity contribution in [3.8, 4) is 11.1 Å². The zero-order chi connectivity index (χ0) is 46.9. The van der Waals surface area contributed by atoms with E-state index in [-0.39, 0.29) is 18.1 Å². The minimum atomic E-state index is -1.45. The van der Waals surface area contributed by atoms with Crippen molar-refractivity contribution in [2.45, 2.75) is 51.1 Å². The van der Waals surface area contributed by atoms with Gasteiger partial charge in [0, 0.05) is 51.4 Å². The highest BCUT2D eigenvalue weighted by Gasteiger charge is 2.44. The summed E-state index contributed by atoms with van der Waals surface area (Å²) in [6, 6.07) is 63.5. The first kappa shape index (κ1) is 42.4. The molecule has 0 N–H and O–H groups in total. The zero-order valence-corrected chi connectivity index (χ0v) is 40.8. The molecule has 7 aromatic carbocycles. The lowest BCUT2D eigenvalue weighted by molar-refractivity contribution is 0.0561. The topological polar surface area (TPSA) is 28.9 Å². The Morgan fingerprint density at radius 2 is 1.24 bits per heavy atom. The molecule has 4 aliphatic carbocycles. The van der Waals surface area contributed by atoms with Gasteiger partial charge in [0.1, 0.15) is 5.58 Å². The molecule has 5 heteroatoms. The maximum Gasteiger partial charge on any atom is 0.159 e. The van der Waals surface area contributed by atoms with Crippen LogP contribution in [0, 0.1) is 5.92 Å². The van der Waals surface area contributed by atoms with Crippen LogP contribution >= 0.6 is 0 Å². The lowest BCUT2D eigenvalue weighted by atomic mass is 9.76. The van der Waals surface area contributed by atoms with Gasteiger partial charge in [0.2, 0.25) is 0 Å². The smallest absolute Gasteiger partial charge is 0.159 e. The van der Waals surface area contributed by atoms with Gasteiger partial charge in [-0.2, -0.15) is 0 Å². The Kier molecular flexibility index (Phi) is 10.3. The van der Waals surface area contributed by atoms with Gasteiger partial charge in [-0.15, -0.1) is 0 Å². The number of ether oxygens (including phenoxy) is 1. The highest BCUT2D eigenvalue weighted by atomic mass is 28.3. The third-order valence-corrected chi connectivity index (χ3v) is 17.1. The van der Waals surface area contributed by atoms with Crippen LogP contribution in [-0.4, -0.2) is 20.3 Å². The largest absolute Gasteiger partial charge is 0.454 e. The molecule has 1 fully saturated rings. The predicted octanol–water partition coefficient (Wildman–Crippen LogP) is 14.5. The molecule has 0 saturated carbocycles. The summed E-state index contributed by atoms with van der Waals surface area (Å²) < 4.78 is 14.0. The van der Waals surface area contributed by atoms with Gasteiger partial charge in [-0.3, -0.25) is 0 Å². The number of allylic oxidation sites excluding steroid dienone is 8. The van der Waals surface area contributed by atoms with E-state index in [0.717, 1.165) is 64.0 Å². The van der Waals surface area contributed by atoms with Crippen LogP contribution in [-0.2, 0) is 4.74 Å². The summed E-state index contributed by atoms with van der Waals surface area (Å²) in [4.78, 5) is 4.85. The number of hydrogen-bond acceptors (Lipinski definition) is 4. The molecule has 1 saturated heterocycles. The van der Waals surface area contributed by atoms with Crippen LogP contribution in [0.1, 0.15) is 19.3 Å². The van der Waals surface area contributed by atoms with Crippen molar-refractivity contribution in [1.29, 1.82) is 0 Å². The molecule has 0 amide bonds. The van der Waals surface area contributed by atoms with E-state index in [1.807, 2.05) is 6.07 Å². The minimum absolute atomic E-state index is 0.0110. The summed E-state index contributed by atoms with van der Waals surface area (Å²) in [6.45, 7) is 7.23. The second kappa shape index (κ2) is 17.1. The molecule has 0 bridgehead atoms. The van der Waals surface area contributed by atoms with Gasteiger partial charge in [0.05, 0.1) is 31.7 Å². The van der Waals surface area contributed by atoms with E-state index in [9.17, 15) is 0 Å². The molecule has 2 heterocycles. The monoisotopic (exact) mass is 922 g/mol. The number of furan rings is 1. The van der Waals surface area contributed by atoms with Crippen molar-refractivity contribution in [1.82, 2.24) is 0 Å². The molecule has 4 nitrogen and oxygen atoms in total. The predicted molar refractivity (Wildman–Crippen MR) is 294 cm³/mol. The number of rotatable bonds is 9. The van der Waals surface area contributed by atoms with Gasteiger partial charge in [-0.1, -0.05) is 183 Å². The molecule has 13 rings (SSSR count). The summed E-state index contributed by atoms with van der Waals surface area (Å²) in [5.74, 6) is 0.107. The Morgan fingerprint density at radius 1 is 0.557 bits per heavy atom. The molecule has 3 unspecified atom stereocenters. The van der Waals surface area contributed by atoms with E-state index < -0.39 is 8.07 Å². The van der Waals surface area contributed by atoms with Crippen molar-refractivity contribution < 1.29 is 9.15 Å². The first-order valence-electron chi connectivity index (χ1n) is 24.9. The van der Waals surface area contributed by atoms with Gasteiger partial charge in [0.15, 0.2) is 5.58 Å². The normalized spacial score (nSPS) is 19.3. The molecule has 1 aromatic heterocycles. The summed E-state index contributed by atoms with van der Waals surface area (Å²) >= 11 is 0. The molecule has 0 radical (unpaired) electrons. The fraction of sp³-hybridized carbons (Fsp3) is 0.138. The SMILES string of the molecule is C[Si](C)(C)c1ccc(N(C2=CC3=c4ccccc4=C4C5=CC=C(C6=CC=C(N(c7ccccc7-c7ccccc7)c7cccc8c7oc7ccccc78)CC6)CC5OC4C3C=C2)c2ccccc2)cc1. The van der Waals surface area contributed by atoms with Crippen LogP contribution in [0.3, 0.4) is 0 Å². The van der Waals surface area contributed by atoms with E-state index in [4.69, 9.17) is 9.15 Å². The number of fused-ring (bicyclic) bond motifs is 9. The molecule has 340 valence electrons. The van der Waals surface area contributed by atoms with Gasteiger partial charge in [-0.25, -0.2) is 0 Å². The summed E-state index contributed by atoms with van der Waals surface area (Å²) in [5, 5.41) is 6.31. The Hall–Kier alpha value is -7.70. The number of hydrogen-bond donors (Lipinski definition) is 0. The zero-order valence-electron chi connectivity index (χ0n) is 39.8. The molecular formula is C65H54N2O2Si. The maximum atomic E-state index is 7.30. The number of anilines is 4. The Bertz CT molecular complexity index is 3710. The Labute approximate surface area is 411 Å². The fourth-order valence-corrected chi connectivity index (χ4v) is 12.8.